The summed E-state index contributed by atoms with van der Waals surface area (Å²) in [4.78, 5) is 27.5. The van der Waals surface area contributed by atoms with Crippen LogP contribution in [0.1, 0.15) is 52.4 Å². The molecule has 2 fully saturated rings. The molecule has 1 aliphatic heterocycles. The number of anilines is 1. The van der Waals surface area contributed by atoms with E-state index in [1.54, 1.807) is 0 Å². The number of hydrogen-bond donors (Lipinski definition) is 1. The molecule has 5 heteroatoms. The highest BCUT2D eigenvalue weighted by molar-refractivity contribution is 5.94. The molecule has 0 aromatic heterocycles. The van der Waals surface area contributed by atoms with Gasteiger partial charge < -0.3 is 15.0 Å². The van der Waals surface area contributed by atoms with Gasteiger partial charge in [0.05, 0.1) is 12.3 Å². The predicted octanol–water partition coefficient (Wildman–Crippen LogP) is 4.09. The lowest BCUT2D eigenvalue weighted by Crippen LogP contribution is -2.42. The molecule has 1 N–H and O–H groups in total. The van der Waals surface area contributed by atoms with Gasteiger partial charge in [0.25, 0.3) is 0 Å². The van der Waals surface area contributed by atoms with E-state index in [0.717, 1.165) is 63.2 Å². The van der Waals surface area contributed by atoms with Crippen LogP contribution >= 0.6 is 0 Å². The summed E-state index contributed by atoms with van der Waals surface area (Å²) in [5.74, 6) is 1.86. The van der Waals surface area contributed by atoms with Crippen LogP contribution < -0.4 is 10.1 Å². The summed E-state index contributed by atoms with van der Waals surface area (Å²) in [6, 6.07) is 7.54. The third kappa shape index (κ3) is 5.02. The summed E-state index contributed by atoms with van der Waals surface area (Å²) in [5, 5.41) is 3.02. The number of nitrogens with zero attached hydrogens (tertiary/aromatic N) is 1. The van der Waals surface area contributed by atoms with E-state index >= 15 is 0 Å². The van der Waals surface area contributed by atoms with Crippen LogP contribution in [0, 0.1) is 17.8 Å². The highest BCUT2D eigenvalue weighted by atomic mass is 16.5. The average molecular weight is 373 g/mol. The van der Waals surface area contributed by atoms with E-state index in [9.17, 15) is 9.59 Å². The highest BCUT2D eigenvalue weighted by Gasteiger charge is 2.33. The first-order valence-corrected chi connectivity index (χ1v) is 10.4. The lowest BCUT2D eigenvalue weighted by atomic mass is 9.80. The summed E-state index contributed by atoms with van der Waals surface area (Å²) in [7, 11) is 0. The van der Waals surface area contributed by atoms with Gasteiger partial charge in [-0.3, -0.25) is 9.59 Å². The molecular formula is C22H32N2O3. The van der Waals surface area contributed by atoms with Crippen molar-refractivity contribution in [2.75, 3.05) is 25.0 Å². The first-order chi connectivity index (χ1) is 13.1. The van der Waals surface area contributed by atoms with Gasteiger partial charge in [0.15, 0.2) is 0 Å². The van der Waals surface area contributed by atoms with Crippen molar-refractivity contribution in [1.82, 2.24) is 4.90 Å². The summed E-state index contributed by atoms with van der Waals surface area (Å²) in [6.07, 6.45) is 5.42. The molecule has 2 aliphatic rings. The van der Waals surface area contributed by atoms with Gasteiger partial charge in [-0.1, -0.05) is 19.1 Å². The second kappa shape index (κ2) is 9.25. The van der Waals surface area contributed by atoms with Crippen molar-refractivity contribution in [1.29, 1.82) is 0 Å². The van der Waals surface area contributed by atoms with Crippen LogP contribution in [0.3, 0.4) is 0 Å². The Hall–Kier alpha value is -2.04. The van der Waals surface area contributed by atoms with E-state index in [1.165, 1.54) is 0 Å². The number of hydrogen-bond acceptors (Lipinski definition) is 3. The van der Waals surface area contributed by atoms with Crippen molar-refractivity contribution in [3.8, 4) is 5.75 Å². The van der Waals surface area contributed by atoms with E-state index in [-0.39, 0.29) is 17.7 Å². The number of piperidine rings is 1. The molecule has 5 nitrogen and oxygen atoms in total. The third-order valence-electron chi connectivity index (χ3n) is 5.99. The van der Waals surface area contributed by atoms with Gasteiger partial charge in [-0.25, -0.2) is 0 Å². The van der Waals surface area contributed by atoms with Crippen molar-refractivity contribution in [3.63, 3.8) is 0 Å². The van der Waals surface area contributed by atoms with Crippen LogP contribution in [0.5, 0.6) is 5.75 Å². The van der Waals surface area contributed by atoms with Crippen LogP contribution in [-0.2, 0) is 9.59 Å². The number of carbonyl (C=O) groups is 2. The second-order valence-electron chi connectivity index (χ2n) is 7.97. The first kappa shape index (κ1) is 19.7. The fourth-order valence-corrected chi connectivity index (χ4v) is 4.18. The average Bonchev–Trinajstić information content (AvgIpc) is 2.70. The van der Waals surface area contributed by atoms with Gasteiger partial charge in [-0.05, 0) is 63.5 Å². The Morgan fingerprint density at radius 3 is 2.33 bits per heavy atom. The molecule has 0 atom stereocenters. The van der Waals surface area contributed by atoms with E-state index < -0.39 is 0 Å². The van der Waals surface area contributed by atoms with Gasteiger partial charge in [-0.2, -0.15) is 0 Å². The Morgan fingerprint density at radius 1 is 1.04 bits per heavy atom. The second-order valence-corrected chi connectivity index (χ2v) is 7.97. The van der Waals surface area contributed by atoms with Gasteiger partial charge in [-0.15, -0.1) is 0 Å². The topological polar surface area (TPSA) is 58.6 Å². The van der Waals surface area contributed by atoms with E-state index in [4.69, 9.17) is 4.74 Å². The minimum absolute atomic E-state index is 0.0230. The minimum Gasteiger partial charge on any atom is -0.492 e. The molecule has 2 amide bonds. The zero-order valence-electron chi connectivity index (χ0n) is 16.6. The number of ether oxygens (including phenoxy) is 1. The van der Waals surface area contributed by atoms with Crippen molar-refractivity contribution in [3.05, 3.63) is 24.3 Å². The van der Waals surface area contributed by atoms with Crippen LogP contribution in [0.15, 0.2) is 24.3 Å². The number of para-hydroxylation sites is 2. The van der Waals surface area contributed by atoms with Gasteiger partial charge in [0.1, 0.15) is 5.75 Å². The normalized spacial score (nSPS) is 23.7. The fraction of sp³-hybridized carbons (Fsp3) is 0.636. The molecule has 0 spiro atoms. The molecule has 1 saturated heterocycles. The zero-order valence-corrected chi connectivity index (χ0v) is 16.6. The largest absolute Gasteiger partial charge is 0.492 e. The van der Waals surface area contributed by atoms with E-state index in [1.807, 2.05) is 36.1 Å². The molecule has 27 heavy (non-hydrogen) atoms. The Bertz CT molecular complexity index is 645. The molecule has 1 heterocycles. The predicted molar refractivity (Wildman–Crippen MR) is 107 cm³/mol. The Kier molecular flexibility index (Phi) is 6.75. The molecule has 1 aromatic rings. The Morgan fingerprint density at radius 2 is 1.67 bits per heavy atom. The molecule has 1 saturated carbocycles. The lowest BCUT2D eigenvalue weighted by molar-refractivity contribution is -0.139. The summed E-state index contributed by atoms with van der Waals surface area (Å²) in [5.41, 5.74) is 0.727. The number of benzene rings is 1. The number of likely N-dealkylation sites (tertiary alicyclic amines) is 1. The lowest BCUT2D eigenvalue weighted by Gasteiger charge is -2.35. The monoisotopic (exact) mass is 372 g/mol. The van der Waals surface area contributed by atoms with Crippen molar-refractivity contribution in [2.24, 2.45) is 17.8 Å². The molecule has 1 aliphatic carbocycles. The molecular weight excluding hydrogens is 340 g/mol. The first-order valence-electron chi connectivity index (χ1n) is 10.4. The summed E-state index contributed by atoms with van der Waals surface area (Å²) in [6.45, 7) is 6.55. The Balaban J connectivity index is 1.50. The molecule has 0 radical (unpaired) electrons. The SMILES string of the molecule is CCOc1ccccc1NC(=O)C1CCC(C(=O)N2CCC(C)CC2)CC1. The maximum absolute atomic E-state index is 12.8. The molecule has 0 unspecified atom stereocenters. The number of amides is 2. The van der Waals surface area contributed by atoms with Crippen molar-refractivity contribution >= 4 is 17.5 Å². The van der Waals surface area contributed by atoms with Crippen molar-refractivity contribution in [2.45, 2.75) is 52.4 Å². The maximum atomic E-state index is 12.8. The fourth-order valence-electron chi connectivity index (χ4n) is 4.18. The smallest absolute Gasteiger partial charge is 0.227 e. The molecule has 0 bridgehead atoms. The number of carbonyl (C=O) groups excluding carboxylic acids is 2. The molecule has 1 aromatic carbocycles. The summed E-state index contributed by atoms with van der Waals surface area (Å²) >= 11 is 0. The van der Waals surface area contributed by atoms with Crippen LogP contribution in [0.25, 0.3) is 0 Å². The van der Waals surface area contributed by atoms with Gasteiger partial charge in [0.2, 0.25) is 11.8 Å². The maximum Gasteiger partial charge on any atom is 0.227 e. The van der Waals surface area contributed by atoms with E-state index in [2.05, 4.69) is 12.2 Å². The standard InChI is InChI=1S/C22H32N2O3/c1-3-27-20-7-5-4-6-19(20)23-21(25)17-8-10-18(11-9-17)22(26)24-14-12-16(2)13-15-24/h4-7,16-18H,3,8-15H2,1-2H3,(H,23,25). The molecule has 3 rings (SSSR count). The van der Waals surface area contributed by atoms with E-state index in [0.29, 0.717) is 18.3 Å². The summed E-state index contributed by atoms with van der Waals surface area (Å²) < 4.78 is 5.58. The number of nitrogens with one attached hydrogen (secondary N) is 1. The highest BCUT2D eigenvalue weighted by Crippen LogP contribution is 2.33. The number of rotatable bonds is 5. The van der Waals surface area contributed by atoms with Crippen molar-refractivity contribution < 1.29 is 14.3 Å². The van der Waals surface area contributed by atoms with Crippen LogP contribution in [0.4, 0.5) is 5.69 Å². The van der Waals surface area contributed by atoms with Crippen LogP contribution in [0.2, 0.25) is 0 Å². The third-order valence-corrected chi connectivity index (χ3v) is 5.99. The quantitative estimate of drug-likeness (QED) is 0.847. The van der Waals surface area contributed by atoms with Gasteiger partial charge in [0, 0.05) is 24.9 Å². The van der Waals surface area contributed by atoms with Gasteiger partial charge >= 0.3 is 0 Å². The van der Waals surface area contributed by atoms with Crippen LogP contribution in [-0.4, -0.2) is 36.4 Å². The Labute approximate surface area is 162 Å². The minimum atomic E-state index is -0.0230. The molecule has 148 valence electrons. The zero-order chi connectivity index (χ0) is 19.2.